The van der Waals surface area contributed by atoms with Crippen LogP contribution in [0.3, 0.4) is 0 Å². The molecule has 7 aromatic rings. The smallest absolute Gasteiger partial charge is 0.344 e. The van der Waals surface area contributed by atoms with E-state index in [2.05, 4.69) is 59.2 Å². The van der Waals surface area contributed by atoms with E-state index in [1.54, 1.807) is 0 Å². The fourth-order valence-corrected chi connectivity index (χ4v) is 5.20. The van der Waals surface area contributed by atoms with Gasteiger partial charge in [-0.3, -0.25) is 0 Å². The Kier molecular flexibility index (Phi) is 4.00. The zero-order valence-corrected chi connectivity index (χ0v) is 18.2. The fraction of sp³-hybridized carbons (Fsp3) is 0. The predicted molar refractivity (Wildman–Crippen MR) is 140 cm³/mol. The second-order valence-corrected chi connectivity index (χ2v) is 8.51. The van der Waals surface area contributed by atoms with E-state index in [4.69, 9.17) is 4.42 Å². The number of para-hydroxylation sites is 3. The summed E-state index contributed by atoms with van der Waals surface area (Å²) in [7, 11) is 0. The first kappa shape index (κ1) is 18.9. The number of rotatable bonds is 2. The monoisotopic (exact) mass is 437 g/mol. The molecule has 2 heterocycles. The first-order chi connectivity index (χ1) is 16.8. The minimum atomic E-state index is -0.311. The molecule has 5 aromatic carbocycles. The Morgan fingerprint density at radius 3 is 2.03 bits per heavy atom. The minimum Gasteiger partial charge on any atom is -0.422 e. The van der Waals surface area contributed by atoms with Crippen LogP contribution >= 0.6 is 0 Å². The third-order valence-electron chi connectivity index (χ3n) is 6.62. The van der Waals surface area contributed by atoms with Crippen molar-refractivity contribution < 1.29 is 4.42 Å². The Balaban J connectivity index is 1.84. The second-order valence-electron chi connectivity index (χ2n) is 8.51. The summed E-state index contributed by atoms with van der Waals surface area (Å²) in [5, 5.41) is 4.43. The Morgan fingerprint density at radius 2 is 1.24 bits per heavy atom. The summed E-state index contributed by atoms with van der Waals surface area (Å²) in [5.41, 5.74) is 5.59. The van der Waals surface area contributed by atoms with E-state index in [1.807, 2.05) is 60.7 Å². The molecule has 0 radical (unpaired) electrons. The molecule has 0 N–H and O–H groups in total. The summed E-state index contributed by atoms with van der Waals surface area (Å²) in [6, 6.07) is 38.9. The average molecular weight is 437 g/mol. The molecule has 0 bridgehead atoms. The molecule has 2 aromatic heterocycles. The molecule has 0 atom stereocenters. The topological polar surface area (TPSA) is 35.1 Å². The lowest BCUT2D eigenvalue weighted by molar-refractivity contribution is 0.570. The molecule has 0 aliphatic carbocycles. The maximum atomic E-state index is 13.5. The highest BCUT2D eigenvalue weighted by atomic mass is 16.4. The SMILES string of the molecule is O=c1oc2ccccc2c2cc(-c3ccccc3)c3c(c4ccccc4n3-c3ccccc3)c12. The van der Waals surface area contributed by atoms with Crippen LogP contribution in [0.25, 0.3) is 60.4 Å². The molecule has 0 fully saturated rings. The molecule has 0 saturated carbocycles. The first-order valence-electron chi connectivity index (χ1n) is 11.3. The van der Waals surface area contributed by atoms with Gasteiger partial charge in [0.05, 0.1) is 16.4 Å². The number of fused-ring (bicyclic) bond motifs is 7. The zero-order chi connectivity index (χ0) is 22.6. The largest absolute Gasteiger partial charge is 0.422 e. The van der Waals surface area contributed by atoms with Gasteiger partial charge in [0, 0.05) is 32.8 Å². The van der Waals surface area contributed by atoms with Crippen molar-refractivity contribution in [1.29, 1.82) is 0 Å². The minimum absolute atomic E-state index is 0.311. The summed E-state index contributed by atoms with van der Waals surface area (Å²) in [4.78, 5) is 13.5. The highest BCUT2D eigenvalue weighted by Crippen LogP contribution is 2.42. The summed E-state index contributed by atoms with van der Waals surface area (Å²) in [6.45, 7) is 0. The van der Waals surface area contributed by atoms with Crippen molar-refractivity contribution in [2.45, 2.75) is 0 Å². The van der Waals surface area contributed by atoms with Crippen LogP contribution in [0.5, 0.6) is 0 Å². The van der Waals surface area contributed by atoms with Crippen molar-refractivity contribution in [3.05, 3.63) is 126 Å². The van der Waals surface area contributed by atoms with Gasteiger partial charge in [-0.25, -0.2) is 4.79 Å². The van der Waals surface area contributed by atoms with E-state index < -0.39 is 0 Å². The Labute approximate surface area is 195 Å². The van der Waals surface area contributed by atoms with Crippen LogP contribution in [0.2, 0.25) is 0 Å². The molecule has 0 saturated heterocycles. The molecule has 7 rings (SSSR count). The zero-order valence-electron chi connectivity index (χ0n) is 18.2. The summed E-state index contributed by atoms with van der Waals surface area (Å²) < 4.78 is 8.09. The summed E-state index contributed by atoms with van der Waals surface area (Å²) in [5.74, 6) is 0. The Hall–Kier alpha value is -4.63. The van der Waals surface area contributed by atoms with Gasteiger partial charge in [-0.2, -0.15) is 0 Å². The summed E-state index contributed by atoms with van der Waals surface area (Å²) in [6.07, 6.45) is 0. The van der Waals surface area contributed by atoms with Crippen LogP contribution in [0, 0.1) is 0 Å². The lowest BCUT2D eigenvalue weighted by Crippen LogP contribution is -2.02. The lowest BCUT2D eigenvalue weighted by atomic mass is 9.95. The van der Waals surface area contributed by atoms with Gasteiger partial charge >= 0.3 is 5.63 Å². The van der Waals surface area contributed by atoms with Crippen LogP contribution in [-0.4, -0.2) is 4.57 Å². The second kappa shape index (κ2) is 7.19. The molecular weight excluding hydrogens is 418 g/mol. The van der Waals surface area contributed by atoms with Gasteiger partial charge in [-0.05, 0) is 35.9 Å². The van der Waals surface area contributed by atoms with Crippen molar-refractivity contribution in [2.24, 2.45) is 0 Å². The number of hydrogen-bond donors (Lipinski definition) is 0. The van der Waals surface area contributed by atoms with Gasteiger partial charge in [0.2, 0.25) is 0 Å². The van der Waals surface area contributed by atoms with Crippen molar-refractivity contribution in [1.82, 2.24) is 4.57 Å². The van der Waals surface area contributed by atoms with Crippen LogP contribution in [0.1, 0.15) is 0 Å². The van der Waals surface area contributed by atoms with E-state index in [0.717, 1.165) is 49.4 Å². The molecular formula is C31H19NO2. The van der Waals surface area contributed by atoms with Crippen molar-refractivity contribution in [2.75, 3.05) is 0 Å². The third-order valence-corrected chi connectivity index (χ3v) is 6.62. The Morgan fingerprint density at radius 1 is 0.588 bits per heavy atom. The molecule has 3 nitrogen and oxygen atoms in total. The molecule has 160 valence electrons. The molecule has 0 spiro atoms. The normalized spacial score (nSPS) is 11.6. The highest BCUT2D eigenvalue weighted by Gasteiger charge is 2.22. The number of hydrogen-bond acceptors (Lipinski definition) is 2. The van der Waals surface area contributed by atoms with Gasteiger partial charge in [0.1, 0.15) is 5.58 Å². The van der Waals surface area contributed by atoms with Crippen LogP contribution in [0.15, 0.2) is 124 Å². The first-order valence-corrected chi connectivity index (χ1v) is 11.3. The predicted octanol–water partition coefficient (Wildman–Crippen LogP) is 7.71. The molecule has 34 heavy (non-hydrogen) atoms. The van der Waals surface area contributed by atoms with Gasteiger partial charge in [-0.15, -0.1) is 0 Å². The van der Waals surface area contributed by atoms with Crippen LogP contribution in [-0.2, 0) is 0 Å². The number of benzene rings is 5. The molecule has 3 heteroatoms. The third kappa shape index (κ3) is 2.61. The van der Waals surface area contributed by atoms with Gasteiger partial charge in [0.25, 0.3) is 0 Å². The quantitative estimate of drug-likeness (QED) is 0.205. The number of aromatic nitrogens is 1. The fourth-order valence-electron chi connectivity index (χ4n) is 5.20. The van der Waals surface area contributed by atoms with Crippen LogP contribution < -0.4 is 5.63 Å². The van der Waals surface area contributed by atoms with E-state index in [0.29, 0.717) is 11.0 Å². The molecule has 0 amide bonds. The number of nitrogens with zero attached hydrogens (tertiary/aromatic N) is 1. The summed E-state index contributed by atoms with van der Waals surface area (Å²) >= 11 is 0. The van der Waals surface area contributed by atoms with Gasteiger partial charge in [-0.1, -0.05) is 84.9 Å². The van der Waals surface area contributed by atoms with Crippen molar-refractivity contribution in [3.8, 4) is 16.8 Å². The maximum Gasteiger partial charge on any atom is 0.344 e. The molecule has 0 aliphatic heterocycles. The van der Waals surface area contributed by atoms with Gasteiger partial charge in [0.15, 0.2) is 0 Å². The molecule has 0 aliphatic rings. The average Bonchev–Trinajstić information content (AvgIpc) is 3.24. The van der Waals surface area contributed by atoms with Crippen molar-refractivity contribution in [3.63, 3.8) is 0 Å². The van der Waals surface area contributed by atoms with E-state index in [-0.39, 0.29) is 5.63 Å². The Bertz CT molecular complexity index is 1910. The van der Waals surface area contributed by atoms with Crippen LogP contribution in [0.4, 0.5) is 0 Å². The maximum absolute atomic E-state index is 13.5. The lowest BCUT2D eigenvalue weighted by Gasteiger charge is -2.13. The van der Waals surface area contributed by atoms with E-state index >= 15 is 0 Å². The highest BCUT2D eigenvalue weighted by molar-refractivity contribution is 6.27. The van der Waals surface area contributed by atoms with E-state index in [1.165, 1.54) is 0 Å². The standard InChI is InChI=1S/C31H19NO2/c33-31-29-25(22-15-8-10-18-27(22)34-31)19-24(20-11-3-1-4-12-20)30-28(29)23-16-7-9-17-26(23)32(30)21-13-5-2-6-14-21/h1-19H. The van der Waals surface area contributed by atoms with E-state index in [9.17, 15) is 4.79 Å². The molecule has 0 unspecified atom stereocenters. The van der Waals surface area contributed by atoms with Crippen molar-refractivity contribution >= 4 is 43.5 Å². The van der Waals surface area contributed by atoms with Gasteiger partial charge < -0.3 is 8.98 Å².